The number of carbonyl (C=O) groups excluding carboxylic acids is 2. The Morgan fingerprint density at radius 1 is 1.00 bits per heavy atom. The molecule has 2 aromatic heterocycles. The Morgan fingerprint density at radius 2 is 1.46 bits per heavy atom. The van der Waals surface area contributed by atoms with E-state index in [-0.39, 0.29) is 29.5 Å². The molecule has 12 heteroatoms. The Balaban J connectivity index is 0.000000283. The number of aromatic nitrogens is 2. The molecule has 0 aromatic carbocycles. The minimum atomic E-state index is -3.19. The zero-order valence-corrected chi connectivity index (χ0v) is 17.6. The van der Waals surface area contributed by atoms with Gasteiger partial charge in [0.1, 0.15) is 11.5 Å². The molecule has 10 nitrogen and oxygen atoms in total. The molecule has 2 rings (SSSR count). The molecule has 28 heavy (non-hydrogen) atoms. The van der Waals surface area contributed by atoms with Gasteiger partial charge in [0, 0.05) is 18.4 Å². The van der Waals surface area contributed by atoms with Crippen molar-refractivity contribution in [3.8, 4) is 0 Å². The molecule has 0 fully saturated rings. The summed E-state index contributed by atoms with van der Waals surface area (Å²) in [5, 5.41) is 7.00. The number of sulfone groups is 1. The quantitative estimate of drug-likeness (QED) is 0.564. The van der Waals surface area contributed by atoms with Crippen LogP contribution < -0.4 is 0 Å². The number of ether oxygens (including phenoxy) is 2. The zero-order chi connectivity index (χ0) is 21.2. The first-order chi connectivity index (χ1) is 13.2. The average molecular weight is 434 g/mol. The van der Waals surface area contributed by atoms with Crippen LogP contribution in [-0.2, 0) is 30.8 Å². The minimum absolute atomic E-state index is 0.0181. The molecular formula is C16H22N2O8S2. The van der Waals surface area contributed by atoms with Gasteiger partial charge in [-0.05, 0) is 20.1 Å². The van der Waals surface area contributed by atoms with Crippen LogP contribution in [0.3, 0.4) is 0 Å². The summed E-state index contributed by atoms with van der Waals surface area (Å²) in [6.07, 6.45) is 3.02. The topological polar surface area (TPSA) is 139 Å². The first-order valence-electron chi connectivity index (χ1n) is 8.12. The van der Waals surface area contributed by atoms with Crippen molar-refractivity contribution in [1.82, 2.24) is 10.3 Å². The maximum Gasteiger partial charge on any atom is 0.360 e. The van der Waals surface area contributed by atoms with E-state index in [9.17, 15) is 18.0 Å². The SMILES string of the molecule is CCOC(=O)c1cc(CS(C)(=O)=O)on1.CCOC(=O)c1cc(CSC)on1. The molecule has 2 aromatic rings. The van der Waals surface area contributed by atoms with Gasteiger partial charge in [-0.1, -0.05) is 10.3 Å². The van der Waals surface area contributed by atoms with Gasteiger partial charge in [0.25, 0.3) is 0 Å². The molecule has 0 saturated heterocycles. The normalized spacial score (nSPS) is 10.7. The number of esters is 2. The van der Waals surface area contributed by atoms with Gasteiger partial charge in [-0.25, -0.2) is 18.0 Å². The fourth-order valence-electron chi connectivity index (χ4n) is 1.77. The molecule has 0 aliphatic carbocycles. The van der Waals surface area contributed by atoms with Gasteiger partial charge in [0.05, 0.1) is 19.0 Å². The van der Waals surface area contributed by atoms with Crippen LogP contribution in [0.15, 0.2) is 21.2 Å². The summed E-state index contributed by atoms with van der Waals surface area (Å²) in [5.41, 5.74) is 0.224. The smallest absolute Gasteiger partial charge is 0.360 e. The lowest BCUT2D eigenvalue weighted by Gasteiger charge is -1.94. The van der Waals surface area contributed by atoms with Crippen LogP contribution in [0, 0.1) is 0 Å². The molecule has 0 spiro atoms. The fraction of sp³-hybridized carbons (Fsp3) is 0.500. The van der Waals surface area contributed by atoms with Crippen LogP contribution in [0.2, 0.25) is 0 Å². The predicted molar refractivity (Wildman–Crippen MR) is 101 cm³/mol. The maximum atomic E-state index is 11.1. The molecule has 0 N–H and O–H groups in total. The molecular weight excluding hydrogens is 412 g/mol. The minimum Gasteiger partial charge on any atom is -0.461 e. The van der Waals surface area contributed by atoms with Crippen molar-refractivity contribution in [3.63, 3.8) is 0 Å². The van der Waals surface area contributed by atoms with Crippen molar-refractivity contribution in [3.05, 3.63) is 35.0 Å². The van der Waals surface area contributed by atoms with Gasteiger partial charge >= 0.3 is 11.9 Å². The highest BCUT2D eigenvalue weighted by Gasteiger charge is 2.16. The van der Waals surface area contributed by atoms with E-state index in [1.807, 2.05) is 6.26 Å². The number of nitrogens with zero attached hydrogens (tertiary/aromatic N) is 2. The van der Waals surface area contributed by atoms with Crippen molar-refractivity contribution in [2.24, 2.45) is 0 Å². The van der Waals surface area contributed by atoms with E-state index >= 15 is 0 Å². The molecule has 0 saturated carbocycles. The number of thioether (sulfide) groups is 1. The average Bonchev–Trinajstić information content (AvgIpc) is 3.24. The summed E-state index contributed by atoms with van der Waals surface area (Å²) >= 11 is 1.61. The monoisotopic (exact) mass is 434 g/mol. The summed E-state index contributed by atoms with van der Waals surface area (Å²) in [6, 6.07) is 2.87. The van der Waals surface area contributed by atoms with Crippen molar-refractivity contribution in [2.45, 2.75) is 25.4 Å². The van der Waals surface area contributed by atoms with Gasteiger partial charge in [-0.3, -0.25) is 0 Å². The highest BCUT2D eigenvalue weighted by Crippen LogP contribution is 2.11. The fourth-order valence-corrected chi connectivity index (χ4v) is 2.84. The van der Waals surface area contributed by atoms with Crippen molar-refractivity contribution in [1.29, 1.82) is 0 Å². The van der Waals surface area contributed by atoms with E-state index in [0.717, 1.165) is 6.26 Å². The van der Waals surface area contributed by atoms with Crippen molar-refractivity contribution >= 4 is 33.5 Å². The molecule has 0 amide bonds. The second-order valence-electron chi connectivity index (χ2n) is 5.30. The molecule has 0 unspecified atom stereocenters. The summed E-state index contributed by atoms with van der Waals surface area (Å²) in [5.74, 6) is 0.196. The summed E-state index contributed by atoms with van der Waals surface area (Å²) < 4.78 is 40.8. The van der Waals surface area contributed by atoms with Crippen molar-refractivity contribution in [2.75, 3.05) is 25.7 Å². The molecule has 2 heterocycles. The van der Waals surface area contributed by atoms with E-state index in [1.54, 1.807) is 31.7 Å². The van der Waals surface area contributed by atoms with Crippen LogP contribution in [0.25, 0.3) is 0 Å². The number of hydrogen-bond acceptors (Lipinski definition) is 11. The van der Waals surface area contributed by atoms with Crippen LogP contribution in [0.1, 0.15) is 46.3 Å². The molecule has 0 aliphatic heterocycles. The van der Waals surface area contributed by atoms with E-state index in [0.29, 0.717) is 18.1 Å². The van der Waals surface area contributed by atoms with Crippen LogP contribution in [0.5, 0.6) is 0 Å². The number of hydrogen-bond donors (Lipinski definition) is 0. The molecule has 0 radical (unpaired) electrons. The maximum absolute atomic E-state index is 11.1. The van der Waals surface area contributed by atoms with Gasteiger partial charge in [0.15, 0.2) is 27.0 Å². The second kappa shape index (κ2) is 11.5. The summed E-state index contributed by atoms with van der Waals surface area (Å²) in [4.78, 5) is 22.2. The molecule has 0 bridgehead atoms. The van der Waals surface area contributed by atoms with E-state index in [2.05, 4.69) is 19.6 Å². The van der Waals surface area contributed by atoms with E-state index in [1.165, 1.54) is 6.07 Å². The first kappa shape index (κ1) is 23.7. The van der Waals surface area contributed by atoms with Gasteiger partial charge in [0.2, 0.25) is 0 Å². The molecule has 156 valence electrons. The largest absolute Gasteiger partial charge is 0.461 e. The van der Waals surface area contributed by atoms with Crippen molar-refractivity contribution < 1.29 is 36.5 Å². The predicted octanol–water partition coefficient (Wildman–Crippen LogP) is 2.11. The van der Waals surface area contributed by atoms with Gasteiger partial charge < -0.3 is 18.5 Å². The summed E-state index contributed by atoms with van der Waals surface area (Å²) in [6.45, 7) is 3.99. The molecule has 0 aliphatic rings. The van der Waals surface area contributed by atoms with E-state index in [4.69, 9.17) is 9.26 Å². The second-order valence-corrected chi connectivity index (χ2v) is 8.31. The third kappa shape index (κ3) is 8.57. The Labute approximate surface area is 166 Å². The highest BCUT2D eigenvalue weighted by atomic mass is 32.2. The number of rotatable bonds is 8. The van der Waals surface area contributed by atoms with E-state index < -0.39 is 21.8 Å². The summed E-state index contributed by atoms with van der Waals surface area (Å²) in [7, 11) is -3.19. The zero-order valence-electron chi connectivity index (χ0n) is 16.0. The Hall–Kier alpha value is -2.34. The lowest BCUT2D eigenvalue weighted by Crippen LogP contribution is -2.04. The van der Waals surface area contributed by atoms with Gasteiger partial charge in [-0.15, -0.1) is 0 Å². The standard InChI is InChI=1S/C8H11NO5S.C8H11NO3S/c1-3-13-8(10)7-4-6(14-9-7)5-15(2,11)12;1-3-11-8(10)7-4-6(5-13-2)12-9-7/h4H,3,5H2,1-2H3;4H,3,5H2,1-2H3. The lowest BCUT2D eigenvalue weighted by atomic mass is 10.4. The third-order valence-electron chi connectivity index (χ3n) is 2.78. The third-order valence-corrected chi connectivity index (χ3v) is 4.16. The molecule has 0 atom stereocenters. The highest BCUT2D eigenvalue weighted by molar-refractivity contribution is 7.97. The van der Waals surface area contributed by atoms with Crippen LogP contribution >= 0.6 is 11.8 Å². The van der Waals surface area contributed by atoms with Crippen LogP contribution in [0.4, 0.5) is 0 Å². The Morgan fingerprint density at radius 3 is 1.89 bits per heavy atom. The number of carbonyl (C=O) groups is 2. The Bertz CT molecular complexity index is 873. The Kier molecular flexibility index (Phi) is 9.73. The first-order valence-corrected chi connectivity index (χ1v) is 11.6. The van der Waals surface area contributed by atoms with Gasteiger partial charge in [-0.2, -0.15) is 11.8 Å². The van der Waals surface area contributed by atoms with Crippen LogP contribution in [-0.4, -0.2) is 56.4 Å². The lowest BCUT2D eigenvalue weighted by molar-refractivity contribution is 0.0505.